The fraction of sp³-hybridized carbons (Fsp3) is 0.111. The number of halogens is 1. The van der Waals surface area contributed by atoms with E-state index in [4.69, 9.17) is 4.74 Å². The van der Waals surface area contributed by atoms with Crippen molar-refractivity contribution in [3.63, 3.8) is 0 Å². The van der Waals surface area contributed by atoms with Crippen molar-refractivity contribution in [2.45, 2.75) is 6.92 Å². The second-order valence-electron chi connectivity index (χ2n) is 4.83. The number of amides is 1. The number of rotatable bonds is 6. The molecular formula is C18H17BrN2O2. The Morgan fingerprint density at radius 1 is 1.17 bits per heavy atom. The predicted octanol–water partition coefficient (Wildman–Crippen LogP) is 3.91. The van der Waals surface area contributed by atoms with Gasteiger partial charge in [-0.25, -0.2) is 5.43 Å². The van der Waals surface area contributed by atoms with Gasteiger partial charge < -0.3 is 4.74 Å². The molecule has 0 saturated heterocycles. The molecule has 0 aliphatic rings. The number of hydrazone groups is 1. The number of benzene rings is 2. The zero-order valence-electron chi connectivity index (χ0n) is 12.7. The van der Waals surface area contributed by atoms with Crippen molar-refractivity contribution in [1.82, 2.24) is 5.43 Å². The molecule has 0 radical (unpaired) electrons. The van der Waals surface area contributed by atoms with Crippen molar-refractivity contribution in [3.8, 4) is 5.75 Å². The van der Waals surface area contributed by atoms with Crippen molar-refractivity contribution in [3.05, 3.63) is 70.2 Å². The van der Waals surface area contributed by atoms with Crippen LogP contribution in [0.2, 0.25) is 0 Å². The number of allylic oxidation sites excluding steroid dienone is 1. The topological polar surface area (TPSA) is 50.7 Å². The van der Waals surface area contributed by atoms with Gasteiger partial charge in [-0.15, -0.1) is 0 Å². The van der Waals surface area contributed by atoms with Gasteiger partial charge >= 0.3 is 0 Å². The van der Waals surface area contributed by atoms with Gasteiger partial charge in [0.05, 0.1) is 6.21 Å². The third-order valence-corrected chi connectivity index (χ3v) is 3.31. The molecule has 0 spiro atoms. The molecule has 2 aromatic rings. The Hall–Kier alpha value is -2.40. The lowest BCUT2D eigenvalue weighted by Crippen LogP contribution is -2.24. The summed E-state index contributed by atoms with van der Waals surface area (Å²) in [6.07, 6.45) is 3.43. The van der Waals surface area contributed by atoms with E-state index in [9.17, 15) is 4.79 Å². The number of hydrogen-bond donors (Lipinski definition) is 1. The molecule has 118 valence electrons. The fourth-order valence-corrected chi connectivity index (χ4v) is 2.09. The van der Waals surface area contributed by atoms with Crippen LogP contribution >= 0.6 is 15.9 Å². The molecule has 0 unspecified atom stereocenters. The zero-order chi connectivity index (χ0) is 16.5. The molecular weight excluding hydrogens is 356 g/mol. The second-order valence-corrected chi connectivity index (χ2v) is 5.75. The summed E-state index contributed by atoms with van der Waals surface area (Å²) in [6, 6.07) is 17.3. The van der Waals surface area contributed by atoms with Crippen molar-refractivity contribution in [2.24, 2.45) is 5.10 Å². The SMILES string of the molecule is Cc1ccc(OCC(=O)NN=C/C(Br)=C/c2ccccc2)cc1. The molecule has 0 bridgehead atoms. The number of nitrogens with one attached hydrogen (secondary N) is 1. The smallest absolute Gasteiger partial charge is 0.277 e. The highest BCUT2D eigenvalue weighted by Crippen LogP contribution is 2.11. The van der Waals surface area contributed by atoms with Crippen LogP contribution in [0.5, 0.6) is 5.75 Å². The van der Waals surface area contributed by atoms with E-state index in [1.165, 1.54) is 6.21 Å². The summed E-state index contributed by atoms with van der Waals surface area (Å²) in [4.78, 5) is 11.6. The molecule has 1 N–H and O–H groups in total. The lowest BCUT2D eigenvalue weighted by atomic mass is 10.2. The van der Waals surface area contributed by atoms with Crippen molar-refractivity contribution in [1.29, 1.82) is 0 Å². The van der Waals surface area contributed by atoms with E-state index in [0.717, 1.165) is 15.6 Å². The highest BCUT2D eigenvalue weighted by atomic mass is 79.9. The minimum atomic E-state index is -0.318. The number of nitrogens with zero attached hydrogens (tertiary/aromatic N) is 1. The first-order valence-electron chi connectivity index (χ1n) is 7.07. The predicted molar refractivity (Wildman–Crippen MR) is 96.7 cm³/mol. The fourth-order valence-electron chi connectivity index (χ4n) is 1.73. The molecule has 0 aromatic heterocycles. The van der Waals surface area contributed by atoms with Gasteiger partial charge in [0.1, 0.15) is 5.75 Å². The number of carbonyl (C=O) groups excluding carboxylic acids is 1. The Kier molecular flexibility index (Phi) is 6.56. The lowest BCUT2D eigenvalue weighted by Gasteiger charge is -2.04. The van der Waals surface area contributed by atoms with Crippen LogP contribution in [0.1, 0.15) is 11.1 Å². The van der Waals surface area contributed by atoms with Gasteiger partial charge in [0.25, 0.3) is 5.91 Å². The van der Waals surface area contributed by atoms with E-state index in [1.54, 1.807) is 0 Å². The van der Waals surface area contributed by atoms with Crippen LogP contribution in [0.4, 0.5) is 0 Å². The summed E-state index contributed by atoms with van der Waals surface area (Å²) in [5, 5.41) is 3.87. The lowest BCUT2D eigenvalue weighted by molar-refractivity contribution is -0.123. The number of aryl methyl sites for hydroxylation is 1. The van der Waals surface area contributed by atoms with E-state index < -0.39 is 0 Å². The van der Waals surface area contributed by atoms with Crippen LogP contribution in [0.25, 0.3) is 6.08 Å². The van der Waals surface area contributed by atoms with Gasteiger partial charge in [-0.3, -0.25) is 4.79 Å². The van der Waals surface area contributed by atoms with Gasteiger partial charge in [-0.2, -0.15) is 5.10 Å². The third-order valence-electron chi connectivity index (χ3n) is 2.87. The van der Waals surface area contributed by atoms with Gasteiger partial charge in [-0.1, -0.05) is 48.0 Å². The van der Waals surface area contributed by atoms with Gasteiger partial charge in [0, 0.05) is 4.48 Å². The number of ether oxygens (including phenoxy) is 1. The summed E-state index contributed by atoms with van der Waals surface area (Å²) in [5.74, 6) is 0.335. The maximum absolute atomic E-state index is 11.6. The van der Waals surface area contributed by atoms with Gasteiger partial charge in [0.2, 0.25) is 0 Å². The van der Waals surface area contributed by atoms with Crippen LogP contribution in [0, 0.1) is 6.92 Å². The van der Waals surface area contributed by atoms with Crippen LogP contribution in [-0.2, 0) is 4.79 Å². The van der Waals surface area contributed by atoms with Crippen molar-refractivity contribution in [2.75, 3.05) is 6.61 Å². The van der Waals surface area contributed by atoms with Gasteiger partial charge in [-0.05, 0) is 46.6 Å². The summed E-state index contributed by atoms with van der Waals surface area (Å²) in [7, 11) is 0. The summed E-state index contributed by atoms with van der Waals surface area (Å²) in [5.41, 5.74) is 4.60. The molecule has 0 heterocycles. The first kappa shape index (κ1) is 17.0. The molecule has 0 atom stereocenters. The highest BCUT2D eigenvalue weighted by Gasteiger charge is 2.01. The molecule has 0 saturated carbocycles. The zero-order valence-corrected chi connectivity index (χ0v) is 14.3. The number of carbonyl (C=O) groups is 1. The molecule has 0 fully saturated rings. The molecule has 0 aliphatic carbocycles. The minimum absolute atomic E-state index is 0.0829. The highest BCUT2D eigenvalue weighted by molar-refractivity contribution is 9.12. The Morgan fingerprint density at radius 2 is 1.87 bits per heavy atom. The average molecular weight is 373 g/mol. The molecule has 2 rings (SSSR count). The van der Waals surface area contributed by atoms with Crippen LogP contribution in [-0.4, -0.2) is 18.7 Å². The summed E-state index contributed by atoms with van der Waals surface area (Å²) in [6.45, 7) is 1.91. The van der Waals surface area contributed by atoms with E-state index in [0.29, 0.717) is 5.75 Å². The number of hydrogen-bond acceptors (Lipinski definition) is 3. The third kappa shape index (κ3) is 6.48. The van der Waals surface area contributed by atoms with E-state index >= 15 is 0 Å². The molecule has 5 heteroatoms. The molecule has 1 amide bonds. The average Bonchev–Trinajstić information content (AvgIpc) is 2.55. The first-order valence-corrected chi connectivity index (χ1v) is 7.86. The molecule has 23 heavy (non-hydrogen) atoms. The Balaban J connectivity index is 1.77. The Labute approximate surface area is 144 Å². The normalized spacial score (nSPS) is 11.5. The second kappa shape index (κ2) is 8.90. The van der Waals surface area contributed by atoms with E-state index in [-0.39, 0.29) is 12.5 Å². The Bertz CT molecular complexity index is 695. The molecule has 4 nitrogen and oxygen atoms in total. The van der Waals surface area contributed by atoms with E-state index in [2.05, 4.69) is 26.5 Å². The van der Waals surface area contributed by atoms with Gasteiger partial charge in [0.15, 0.2) is 6.61 Å². The van der Waals surface area contributed by atoms with Crippen molar-refractivity contribution < 1.29 is 9.53 Å². The minimum Gasteiger partial charge on any atom is -0.484 e. The monoisotopic (exact) mass is 372 g/mol. The van der Waals surface area contributed by atoms with Crippen LogP contribution in [0.3, 0.4) is 0 Å². The standard InChI is InChI=1S/C18H17BrN2O2/c1-14-7-9-17(10-8-14)23-13-18(22)21-20-12-16(19)11-15-5-3-2-4-6-15/h2-12H,13H2,1H3,(H,21,22)/b16-11-,20-12?. The summed E-state index contributed by atoms with van der Waals surface area (Å²) < 4.78 is 6.12. The largest absolute Gasteiger partial charge is 0.484 e. The van der Waals surface area contributed by atoms with E-state index in [1.807, 2.05) is 67.6 Å². The maximum Gasteiger partial charge on any atom is 0.277 e. The Morgan fingerprint density at radius 3 is 2.57 bits per heavy atom. The first-order chi connectivity index (χ1) is 11.1. The molecule has 0 aliphatic heterocycles. The molecule has 2 aromatic carbocycles. The van der Waals surface area contributed by atoms with Crippen molar-refractivity contribution >= 4 is 34.1 Å². The summed E-state index contributed by atoms with van der Waals surface area (Å²) >= 11 is 3.38. The van der Waals surface area contributed by atoms with Crippen LogP contribution in [0.15, 0.2) is 64.2 Å². The van der Waals surface area contributed by atoms with Crippen LogP contribution < -0.4 is 10.2 Å². The maximum atomic E-state index is 11.6. The quantitative estimate of drug-likeness (QED) is 0.617.